The summed E-state index contributed by atoms with van der Waals surface area (Å²) >= 11 is 0. The Hall–Kier alpha value is -1.84. The van der Waals surface area contributed by atoms with Crippen LogP contribution in [0.2, 0.25) is 0 Å². The summed E-state index contributed by atoms with van der Waals surface area (Å²) in [4.78, 5) is 9.09. The average Bonchev–Trinajstić information content (AvgIpc) is 2.24. The molecule has 0 radical (unpaired) electrons. The normalized spacial score (nSPS) is 12.6. The van der Waals surface area contributed by atoms with Crippen LogP contribution in [0.5, 0.6) is 0 Å². The van der Waals surface area contributed by atoms with Crippen LogP contribution in [0.4, 0.5) is 32.0 Å². The lowest BCUT2D eigenvalue weighted by atomic mass is 10.0. The minimum absolute atomic E-state index is 0.0409. The molecule has 106 valence electrons. The second-order valence-corrected chi connectivity index (χ2v) is 3.43. The van der Waals surface area contributed by atoms with Crippen LogP contribution >= 0.6 is 0 Å². The largest absolute Gasteiger partial charge is 0.417 e. The topological polar surface area (TPSA) is 63.4 Å². The first-order valence-corrected chi connectivity index (χ1v) is 4.55. The van der Waals surface area contributed by atoms with Crippen LogP contribution in [0.1, 0.15) is 16.7 Å². The highest BCUT2D eigenvalue weighted by Crippen LogP contribution is 2.41. The van der Waals surface area contributed by atoms with Crippen molar-refractivity contribution in [3.05, 3.63) is 38.9 Å². The Morgan fingerprint density at radius 1 is 1.11 bits per heavy atom. The van der Waals surface area contributed by atoms with Gasteiger partial charge in [-0.05, 0) is 6.07 Å². The van der Waals surface area contributed by atoms with E-state index in [1.165, 1.54) is 0 Å². The maximum absolute atomic E-state index is 12.5. The van der Waals surface area contributed by atoms with Gasteiger partial charge in [0.1, 0.15) is 0 Å². The van der Waals surface area contributed by atoms with Gasteiger partial charge in [0.05, 0.1) is 28.2 Å². The Morgan fingerprint density at radius 3 is 1.95 bits per heavy atom. The van der Waals surface area contributed by atoms with Crippen molar-refractivity contribution >= 4 is 5.69 Å². The molecular formula is C9H5F6NO3. The Balaban J connectivity index is 3.70. The summed E-state index contributed by atoms with van der Waals surface area (Å²) in [5.41, 5.74) is -6.31. The number of nitro groups is 1. The number of nitro benzene ring substituents is 1. The summed E-state index contributed by atoms with van der Waals surface area (Å²) < 4.78 is 74.8. The van der Waals surface area contributed by atoms with Crippen LogP contribution in [0.15, 0.2) is 12.1 Å². The highest BCUT2D eigenvalue weighted by molar-refractivity contribution is 5.50. The molecule has 1 N–H and O–H groups in total. The molecule has 1 aromatic rings. The summed E-state index contributed by atoms with van der Waals surface area (Å²) in [6.07, 6.45) is -10.4. The van der Waals surface area contributed by atoms with Crippen molar-refractivity contribution in [3.63, 3.8) is 0 Å². The van der Waals surface area contributed by atoms with Gasteiger partial charge in [-0.2, -0.15) is 26.3 Å². The molecule has 0 saturated heterocycles. The van der Waals surface area contributed by atoms with E-state index in [0.29, 0.717) is 0 Å². The number of halogens is 6. The second-order valence-electron chi connectivity index (χ2n) is 3.43. The average molecular weight is 289 g/mol. The molecule has 0 amide bonds. The second kappa shape index (κ2) is 4.68. The molecule has 4 nitrogen and oxygen atoms in total. The summed E-state index contributed by atoms with van der Waals surface area (Å²) in [6, 6.07) is -0.306. The molecule has 1 aromatic carbocycles. The van der Waals surface area contributed by atoms with Gasteiger partial charge in [-0.15, -0.1) is 0 Å². The first-order valence-electron chi connectivity index (χ1n) is 4.55. The number of hydrogen-bond acceptors (Lipinski definition) is 3. The lowest BCUT2D eigenvalue weighted by Crippen LogP contribution is -2.15. The summed E-state index contributed by atoms with van der Waals surface area (Å²) in [7, 11) is 0. The van der Waals surface area contributed by atoms with Crippen LogP contribution in [0, 0.1) is 10.1 Å². The first kappa shape index (κ1) is 15.2. The van der Waals surface area contributed by atoms with Crippen molar-refractivity contribution in [2.45, 2.75) is 19.0 Å². The van der Waals surface area contributed by atoms with Gasteiger partial charge in [0.2, 0.25) is 0 Å². The Morgan fingerprint density at radius 2 is 1.63 bits per heavy atom. The van der Waals surface area contributed by atoms with E-state index >= 15 is 0 Å². The van der Waals surface area contributed by atoms with E-state index in [1.807, 2.05) is 0 Å². The van der Waals surface area contributed by atoms with Gasteiger partial charge >= 0.3 is 12.4 Å². The number of aliphatic hydroxyl groups is 1. The fourth-order valence-electron chi connectivity index (χ4n) is 1.40. The molecule has 0 aliphatic carbocycles. The molecule has 1 rings (SSSR count). The van der Waals surface area contributed by atoms with Gasteiger partial charge in [-0.3, -0.25) is 10.1 Å². The molecule has 0 fully saturated rings. The van der Waals surface area contributed by atoms with E-state index in [-0.39, 0.29) is 12.1 Å². The molecule has 10 heteroatoms. The lowest BCUT2D eigenvalue weighted by molar-refractivity contribution is -0.386. The molecule has 0 aromatic heterocycles. The maximum atomic E-state index is 12.5. The van der Waals surface area contributed by atoms with Gasteiger partial charge in [-0.25, -0.2) is 0 Å². The van der Waals surface area contributed by atoms with Crippen LogP contribution < -0.4 is 0 Å². The van der Waals surface area contributed by atoms with Gasteiger partial charge in [0, 0.05) is 6.07 Å². The number of aliphatic hydroxyl groups excluding tert-OH is 1. The molecule has 0 unspecified atom stereocenters. The molecule has 19 heavy (non-hydrogen) atoms. The smallest absolute Gasteiger partial charge is 0.391 e. The maximum Gasteiger partial charge on any atom is 0.417 e. The van der Waals surface area contributed by atoms with E-state index in [1.54, 1.807) is 0 Å². The van der Waals surface area contributed by atoms with Crippen LogP contribution in [-0.2, 0) is 19.0 Å². The molecule has 0 aliphatic heterocycles. The van der Waals surface area contributed by atoms with Crippen LogP contribution in [0.3, 0.4) is 0 Å². The fraction of sp³-hybridized carbons (Fsp3) is 0.333. The Kier molecular flexibility index (Phi) is 3.75. The van der Waals surface area contributed by atoms with E-state index in [2.05, 4.69) is 0 Å². The predicted octanol–water partition coefficient (Wildman–Crippen LogP) is 3.12. The molecular weight excluding hydrogens is 284 g/mol. The number of benzene rings is 1. The monoisotopic (exact) mass is 289 g/mol. The number of hydrogen-bond donors (Lipinski definition) is 1. The molecule has 0 aliphatic rings. The summed E-state index contributed by atoms with van der Waals surface area (Å²) in [6.45, 7) is -1.40. The third-order valence-electron chi connectivity index (χ3n) is 2.21. The van der Waals surface area contributed by atoms with E-state index in [4.69, 9.17) is 5.11 Å². The van der Waals surface area contributed by atoms with Gasteiger partial charge < -0.3 is 5.11 Å². The minimum Gasteiger partial charge on any atom is -0.391 e. The Labute approximate surface area is 101 Å². The van der Waals surface area contributed by atoms with Gasteiger partial charge in [0.25, 0.3) is 5.69 Å². The van der Waals surface area contributed by atoms with E-state index in [9.17, 15) is 36.5 Å². The van der Waals surface area contributed by atoms with Crippen molar-refractivity contribution in [2.75, 3.05) is 0 Å². The number of nitrogens with zero attached hydrogens (tertiary/aromatic N) is 1. The van der Waals surface area contributed by atoms with Crippen molar-refractivity contribution in [2.24, 2.45) is 0 Å². The van der Waals surface area contributed by atoms with Crippen molar-refractivity contribution in [3.8, 4) is 0 Å². The molecule has 0 bridgehead atoms. The third kappa shape index (κ3) is 3.13. The quantitative estimate of drug-likeness (QED) is 0.517. The van der Waals surface area contributed by atoms with Crippen molar-refractivity contribution < 1.29 is 36.4 Å². The SMILES string of the molecule is O=[N+]([O-])c1cc(C(F)(F)F)cc(C(F)(F)F)c1CO. The minimum atomic E-state index is -5.25. The zero-order valence-electron chi connectivity index (χ0n) is 8.84. The fourth-order valence-corrected chi connectivity index (χ4v) is 1.40. The number of rotatable bonds is 2. The molecule has 0 spiro atoms. The van der Waals surface area contributed by atoms with Gasteiger partial charge in [0.15, 0.2) is 0 Å². The van der Waals surface area contributed by atoms with Crippen LogP contribution in [0.25, 0.3) is 0 Å². The zero-order valence-corrected chi connectivity index (χ0v) is 8.84. The highest BCUT2D eigenvalue weighted by Gasteiger charge is 2.41. The predicted molar refractivity (Wildman–Crippen MR) is 49.0 cm³/mol. The highest BCUT2D eigenvalue weighted by atomic mass is 19.4. The standard InChI is InChI=1S/C9H5F6NO3/c10-8(11,12)4-1-6(9(13,14)15)5(3-17)7(2-4)16(18)19/h1-2,17H,3H2. The molecule has 0 saturated carbocycles. The summed E-state index contributed by atoms with van der Waals surface area (Å²) in [5, 5.41) is 19.2. The van der Waals surface area contributed by atoms with Crippen LogP contribution in [-0.4, -0.2) is 10.0 Å². The number of alkyl halides is 6. The van der Waals surface area contributed by atoms with E-state index < -0.39 is 46.3 Å². The van der Waals surface area contributed by atoms with E-state index in [0.717, 1.165) is 0 Å². The Bertz CT molecular complexity index is 508. The van der Waals surface area contributed by atoms with Gasteiger partial charge in [-0.1, -0.05) is 0 Å². The molecule has 0 heterocycles. The first-order chi connectivity index (χ1) is 8.48. The lowest BCUT2D eigenvalue weighted by Gasteiger charge is -2.15. The third-order valence-corrected chi connectivity index (χ3v) is 2.21. The van der Waals surface area contributed by atoms with Crippen molar-refractivity contribution in [1.29, 1.82) is 0 Å². The summed E-state index contributed by atoms with van der Waals surface area (Å²) in [5.74, 6) is 0. The molecule has 0 atom stereocenters. The zero-order chi connectivity index (χ0) is 15.0. The van der Waals surface area contributed by atoms with Crippen molar-refractivity contribution in [1.82, 2.24) is 0 Å².